The van der Waals surface area contributed by atoms with E-state index in [9.17, 15) is 14.4 Å². The Morgan fingerprint density at radius 1 is 0.536 bits per heavy atom. The Hall–Kier alpha value is -1.88. The molecule has 0 radical (unpaired) electrons. The predicted octanol–water partition coefficient (Wildman–Crippen LogP) is 0.620. The zero-order valence-corrected chi connectivity index (χ0v) is 16.3. The van der Waals surface area contributed by atoms with Gasteiger partial charge in [-0.05, 0) is 0 Å². The van der Waals surface area contributed by atoms with Crippen LogP contribution in [0.4, 0.5) is 14.4 Å². The second-order valence-corrected chi connectivity index (χ2v) is 7.09. The van der Waals surface area contributed by atoms with Crippen molar-refractivity contribution in [3.05, 3.63) is 0 Å². The highest BCUT2D eigenvalue weighted by molar-refractivity contribution is 7.43. The quantitative estimate of drug-likeness (QED) is 0.605. The standard InChI is InChI=1S/C15H24N3O9P/c19-13(16-1-7-22-8-2-16)25-28(26-14(20)17-3-9-23-10-4-17)27-15(21)18-5-11-24-12-6-18/h1-12H2. The van der Waals surface area contributed by atoms with Crippen molar-refractivity contribution in [1.82, 2.24) is 14.7 Å². The van der Waals surface area contributed by atoms with E-state index in [0.717, 1.165) is 0 Å². The lowest BCUT2D eigenvalue weighted by Crippen LogP contribution is -2.43. The van der Waals surface area contributed by atoms with Crippen molar-refractivity contribution in [1.29, 1.82) is 0 Å². The Bertz CT molecular complexity index is 473. The van der Waals surface area contributed by atoms with Gasteiger partial charge in [0.2, 0.25) is 0 Å². The first-order valence-electron chi connectivity index (χ1n) is 9.07. The second kappa shape index (κ2) is 10.6. The van der Waals surface area contributed by atoms with Gasteiger partial charge >= 0.3 is 26.9 Å². The molecule has 0 N–H and O–H groups in total. The fourth-order valence-corrected chi connectivity index (χ4v) is 3.50. The average Bonchev–Trinajstić information content (AvgIpc) is 2.75. The van der Waals surface area contributed by atoms with Crippen molar-refractivity contribution in [3.8, 4) is 0 Å². The largest absolute Gasteiger partial charge is 0.540 e. The van der Waals surface area contributed by atoms with Gasteiger partial charge in [-0.1, -0.05) is 0 Å². The van der Waals surface area contributed by atoms with Gasteiger partial charge in [-0.3, -0.25) is 0 Å². The molecular formula is C15H24N3O9P. The van der Waals surface area contributed by atoms with Crippen LogP contribution in [0.3, 0.4) is 0 Å². The highest BCUT2D eigenvalue weighted by atomic mass is 31.2. The SMILES string of the molecule is O=C(OP(OC(=O)N1CCOCC1)OC(=O)N1CCOCC1)N1CCOCC1. The van der Waals surface area contributed by atoms with E-state index < -0.39 is 26.9 Å². The molecule has 0 aliphatic carbocycles. The Morgan fingerprint density at radius 2 is 0.786 bits per heavy atom. The molecule has 0 aromatic rings. The molecule has 0 atom stereocenters. The van der Waals surface area contributed by atoms with Crippen LogP contribution in [-0.2, 0) is 27.8 Å². The minimum atomic E-state index is -2.55. The molecule has 3 aliphatic heterocycles. The van der Waals surface area contributed by atoms with Crippen LogP contribution in [0.25, 0.3) is 0 Å². The lowest BCUT2D eigenvalue weighted by molar-refractivity contribution is 0.0285. The van der Waals surface area contributed by atoms with Gasteiger partial charge in [-0.15, -0.1) is 0 Å². The zero-order valence-electron chi connectivity index (χ0n) is 15.4. The van der Waals surface area contributed by atoms with Gasteiger partial charge in [0.1, 0.15) is 0 Å². The summed E-state index contributed by atoms with van der Waals surface area (Å²) in [6.07, 6.45) is -2.17. The normalized spacial score (nSPS) is 20.7. The van der Waals surface area contributed by atoms with E-state index in [2.05, 4.69) is 0 Å². The van der Waals surface area contributed by atoms with E-state index in [0.29, 0.717) is 78.9 Å². The fraction of sp³-hybridized carbons (Fsp3) is 0.800. The fourth-order valence-electron chi connectivity index (χ4n) is 2.66. The maximum Gasteiger partial charge on any atom is 0.540 e. The first kappa shape index (κ1) is 20.8. The number of rotatable bonds is 3. The third-order valence-electron chi connectivity index (χ3n) is 4.27. The van der Waals surface area contributed by atoms with Crippen LogP contribution in [0, 0.1) is 0 Å². The molecule has 3 rings (SSSR count). The molecule has 0 aromatic heterocycles. The lowest BCUT2D eigenvalue weighted by Gasteiger charge is -2.30. The third-order valence-corrected chi connectivity index (χ3v) is 5.18. The molecule has 0 spiro atoms. The van der Waals surface area contributed by atoms with Crippen molar-refractivity contribution in [2.24, 2.45) is 0 Å². The highest BCUT2D eigenvalue weighted by Crippen LogP contribution is 2.42. The minimum Gasteiger partial charge on any atom is -0.378 e. The van der Waals surface area contributed by atoms with Gasteiger partial charge in [0.15, 0.2) is 0 Å². The van der Waals surface area contributed by atoms with Gasteiger partial charge in [0.25, 0.3) is 0 Å². The molecule has 0 aromatic carbocycles. The summed E-state index contributed by atoms with van der Waals surface area (Å²) >= 11 is 0. The van der Waals surface area contributed by atoms with E-state index in [-0.39, 0.29) is 0 Å². The van der Waals surface area contributed by atoms with Crippen LogP contribution in [0.1, 0.15) is 0 Å². The molecule has 3 amide bonds. The van der Waals surface area contributed by atoms with Crippen molar-refractivity contribution < 1.29 is 42.2 Å². The Balaban J connectivity index is 1.59. The molecule has 0 saturated carbocycles. The summed E-state index contributed by atoms with van der Waals surface area (Å²) in [7, 11) is -2.55. The lowest BCUT2D eigenvalue weighted by atomic mass is 10.5. The van der Waals surface area contributed by atoms with Gasteiger partial charge < -0.3 is 42.5 Å². The van der Waals surface area contributed by atoms with Crippen LogP contribution in [-0.4, -0.2) is 112 Å². The molecule has 3 fully saturated rings. The second-order valence-electron chi connectivity index (χ2n) is 6.09. The summed E-state index contributed by atoms with van der Waals surface area (Å²) in [5, 5.41) is 0. The molecule has 3 saturated heterocycles. The summed E-state index contributed by atoms with van der Waals surface area (Å²) in [5.74, 6) is 0. The number of ether oxygens (including phenoxy) is 3. The van der Waals surface area contributed by atoms with E-state index in [1.165, 1.54) is 14.7 Å². The predicted molar refractivity (Wildman–Crippen MR) is 93.5 cm³/mol. The summed E-state index contributed by atoms with van der Waals surface area (Å²) in [6.45, 7) is 4.36. The van der Waals surface area contributed by atoms with Crippen molar-refractivity contribution in [2.45, 2.75) is 0 Å². The van der Waals surface area contributed by atoms with Crippen LogP contribution in [0.5, 0.6) is 0 Å². The van der Waals surface area contributed by atoms with Gasteiger partial charge in [-0.2, -0.15) is 0 Å². The first-order valence-corrected chi connectivity index (χ1v) is 10.2. The number of hydrogen-bond donors (Lipinski definition) is 0. The van der Waals surface area contributed by atoms with Crippen molar-refractivity contribution >= 4 is 26.9 Å². The number of morpholine rings is 3. The molecule has 3 heterocycles. The molecule has 13 heteroatoms. The van der Waals surface area contributed by atoms with Gasteiger partial charge in [0.05, 0.1) is 39.6 Å². The topological polar surface area (TPSA) is 116 Å². The maximum atomic E-state index is 12.3. The summed E-state index contributed by atoms with van der Waals surface area (Å²) in [4.78, 5) is 41.2. The Kier molecular flexibility index (Phi) is 7.90. The molecule has 3 aliphatic rings. The zero-order chi connectivity index (χ0) is 19.8. The van der Waals surface area contributed by atoms with E-state index in [1.807, 2.05) is 0 Å². The maximum absolute atomic E-state index is 12.3. The third kappa shape index (κ3) is 6.06. The molecule has 0 bridgehead atoms. The van der Waals surface area contributed by atoms with Gasteiger partial charge in [0, 0.05) is 39.3 Å². The van der Waals surface area contributed by atoms with E-state index in [4.69, 9.17) is 27.8 Å². The smallest absolute Gasteiger partial charge is 0.378 e. The van der Waals surface area contributed by atoms with Crippen molar-refractivity contribution in [2.75, 3.05) is 78.9 Å². The number of nitrogens with zero attached hydrogens (tertiary/aromatic N) is 3. The minimum absolute atomic E-state index is 0.344. The molecule has 28 heavy (non-hydrogen) atoms. The molecule has 0 unspecified atom stereocenters. The number of amides is 3. The summed E-state index contributed by atoms with van der Waals surface area (Å²) < 4.78 is 31.2. The van der Waals surface area contributed by atoms with Crippen LogP contribution in [0.15, 0.2) is 0 Å². The van der Waals surface area contributed by atoms with E-state index in [1.54, 1.807) is 0 Å². The molecule has 158 valence electrons. The summed E-state index contributed by atoms with van der Waals surface area (Å²) in [5.41, 5.74) is 0. The Morgan fingerprint density at radius 3 is 1.04 bits per heavy atom. The van der Waals surface area contributed by atoms with Crippen LogP contribution in [0.2, 0.25) is 0 Å². The number of hydrogen-bond acceptors (Lipinski definition) is 9. The van der Waals surface area contributed by atoms with Gasteiger partial charge in [-0.25, -0.2) is 14.4 Å². The molecular weight excluding hydrogens is 397 g/mol. The highest BCUT2D eigenvalue weighted by Gasteiger charge is 2.34. The first-order chi connectivity index (χ1) is 13.6. The van der Waals surface area contributed by atoms with E-state index >= 15 is 0 Å². The van der Waals surface area contributed by atoms with Crippen molar-refractivity contribution in [3.63, 3.8) is 0 Å². The number of carbonyl (C=O) groups is 3. The average molecular weight is 421 g/mol. The monoisotopic (exact) mass is 421 g/mol. The number of carbonyl (C=O) groups excluding carboxylic acids is 3. The van der Waals surface area contributed by atoms with Crippen LogP contribution >= 0.6 is 8.60 Å². The molecule has 12 nitrogen and oxygen atoms in total. The summed E-state index contributed by atoms with van der Waals surface area (Å²) in [6, 6.07) is 0. The van der Waals surface area contributed by atoms with Crippen LogP contribution < -0.4 is 0 Å². The Labute approximate surface area is 163 Å².